The molecule has 0 fully saturated rings. The van der Waals surface area contributed by atoms with Crippen LogP contribution in [0, 0.1) is 6.92 Å². The fourth-order valence-corrected chi connectivity index (χ4v) is 4.18. The Morgan fingerprint density at radius 3 is 2.27 bits per heavy atom. The first-order chi connectivity index (χ1) is 15.8. The number of rotatable bonds is 5. The van der Waals surface area contributed by atoms with Gasteiger partial charge >= 0.3 is 5.97 Å². The SMILES string of the molecule is Cc1ccc(C2=CCC(C)(C)c3cc(C(C=Cc4ccc(C(=O)O)cc4)=NO)ccc32)cc1. The van der Waals surface area contributed by atoms with Gasteiger partial charge in [-0.25, -0.2) is 4.79 Å². The molecule has 0 saturated carbocycles. The van der Waals surface area contributed by atoms with Crippen molar-refractivity contribution in [3.63, 3.8) is 0 Å². The van der Waals surface area contributed by atoms with Crippen molar-refractivity contribution >= 4 is 23.3 Å². The van der Waals surface area contributed by atoms with Gasteiger partial charge in [-0.05, 0) is 70.9 Å². The fraction of sp³-hybridized carbons (Fsp3) is 0.172. The predicted octanol–water partition coefficient (Wildman–Crippen LogP) is 6.70. The molecule has 0 spiro atoms. The second kappa shape index (κ2) is 8.91. The lowest BCUT2D eigenvalue weighted by molar-refractivity contribution is 0.0697. The van der Waals surface area contributed by atoms with Gasteiger partial charge in [0.25, 0.3) is 0 Å². The van der Waals surface area contributed by atoms with Crippen LogP contribution < -0.4 is 0 Å². The molecule has 166 valence electrons. The zero-order chi connectivity index (χ0) is 23.6. The summed E-state index contributed by atoms with van der Waals surface area (Å²) in [7, 11) is 0. The van der Waals surface area contributed by atoms with Gasteiger partial charge in [0.2, 0.25) is 0 Å². The van der Waals surface area contributed by atoms with E-state index in [9.17, 15) is 10.0 Å². The number of carboxylic acid groups (broad SMARTS) is 1. The van der Waals surface area contributed by atoms with Crippen LogP contribution in [-0.4, -0.2) is 22.0 Å². The number of allylic oxidation sites excluding steroid dienone is 2. The standard InChI is InChI=1S/C29H27NO3/c1-19-4-9-21(10-5-19)24-16-17-29(2,3)26-18-23(13-14-25(24)26)27(30-33)15-8-20-6-11-22(12-7-20)28(31)32/h4-16,18,33H,17H2,1-3H3,(H,31,32). The van der Waals surface area contributed by atoms with E-state index in [1.807, 2.05) is 12.1 Å². The molecule has 0 atom stereocenters. The molecule has 4 heteroatoms. The van der Waals surface area contributed by atoms with Crippen LogP contribution in [0.3, 0.4) is 0 Å². The largest absolute Gasteiger partial charge is 0.478 e. The second-order valence-electron chi connectivity index (χ2n) is 9.08. The summed E-state index contributed by atoms with van der Waals surface area (Å²) in [6.07, 6.45) is 6.78. The highest BCUT2D eigenvalue weighted by Gasteiger charge is 2.29. The number of nitrogens with zero attached hydrogens (tertiary/aromatic N) is 1. The first-order valence-corrected chi connectivity index (χ1v) is 10.9. The topological polar surface area (TPSA) is 69.9 Å². The van der Waals surface area contributed by atoms with Gasteiger partial charge in [-0.3, -0.25) is 0 Å². The van der Waals surface area contributed by atoms with Crippen molar-refractivity contribution in [1.29, 1.82) is 0 Å². The van der Waals surface area contributed by atoms with Gasteiger partial charge in [0.1, 0.15) is 5.71 Å². The smallest absolute Gasteiger partial charge is 0.335 e. The molecule has 3 aromatic rings. The second-order valence-corrected chi connectivity index (χ2v) is 9.08. The van der Waals surface area contributed by atoms with E-state index in [4.69, 9.17) is 5.11 Å². The Bertz CT molecular complexity index is 1280. The molecule has 33 heavy (non-hydrogen) atoms. The lowest BCUT2D eigenvalue weighted by Gasteiger charge is -2.33. The Morgan fingerprint density at radius 1 is 0.970 bits per heavy atom. The van der Waals surface area contributed by atoms with Gasteiger partial charge in [0, 0.05) is 5.56 Å². The van der Waals surface area contributed by atoms with Crippen molar-refractivity contribution in [2.75, 3.05) is 0 Å². The zero-order valence-electron chi connectivity index (χ0n) is 19.0. The van der Waals surface area contributed by atoms with E-state index in [0.717, 1.165) is 17.5 Å². The van der Waals surface area contributed by atoms with Crippen molar-refractivity contribution < 1.29 is 15.1 Å². The molecule has 0 aromatic heterocycles. The Balaban J connectivity index is 1.67. The molecule has 4 nitrogen and oxygen atoms in total. The summed E-state index contributed by atoms with van der Waals surface area (Å²) in [6.45, 7) is 6.55. The molecule has 0 radical (unpaired) electrons. The Kier molecular flexibility index (Phi) is 6.01. The first kappa shape index (κ1) is 22.3. The molecular formula is C29H27NO3. The molecule has 4 rings (SSSR count). The van der Waals surface area contributed by atoms with Crippen LogP contribution in [0.2, 0.25) is 0 Å². The summed E-state index contributed by atoms with van der Waals surface area (Å²) in [5, 5.41) is 22.3. The number of carboxylic acids is 1. The highest BCUT2D eigenvalue weighted by Crippen LogP contribution is 2.41. The monoisotopic (exact) mass is 437 g/mol. The normalized spacial score (nSPS) is 15.2. The Morgan fingerprint density at radius 2 is 1.64 bits per heavy atom. The summed E-state index contributed by atoms with van der Waals surface area (Å²) in [4.78, 5) is 11.0. The number of carbonyl (C=O) groups is 1. The van der Waals surface area contributed by atoms with E-state index in [2.05, 4.69) is 68.4 Å². The summed E-state index contributed by atoms with van der Waals surface area (Å²) in [5.41, 5.74) is 8.37. The number of fused-ring (bicyclic) bond motifs is 1. The maximum absolute atomic E-state index is 11.0. The molecule has 0 amide bonds. The van der Waals surface area contributed by atoms with Crippen LogP contribution in [0.1, 0.15) is 64.0 Å². The number of hydrogen-bond acceptors (Lipinski definition) is 3. The molecule has 0 heterocycles. The summed E-state index contributed by atoms with van der Waals surface area (Å²) < 4.78 is 0. The third kappa shape index (κ3) is 4.65. The van der Waals surface area contributed by atoms with E-state index >= 15 is 0 Å². The number of oxime groups is 1. The highest BCUT2D eigenvalue weighted by molar-refractivity contribution is 6.11. The van der Waals surface area contributed by atoms with Crippen LogP contribution in [0.25, 0.3) is 11.6 Å². The number of benzene rings is 3. The van der Waals surface area contributed by atoms with E-state index in [-0.39, 0.29) is 11.0 Å². The molecule has 1 aliphatic rings. The Hall–Kier alpha value is -3.92. The van der Waals surface area contributed by atoms with E-state index in [1.54, 1.807) is 30.3 Å². The molecular weight excluding hydrogens is 410 g/mol. The third-order valence-corrected chi connectivity index (χ3v) is 6.21. The number of aromatic carboxylic acids is 1. The maximum atomic E-state index is 11.0. The van der Waals surface area contributed by atoms with Crippen LogP contribution in [-0.2, 0) is 5.41 Å². The molecule has 0 saturated heterocycles. The minimum Gasteiger partial charge on any atom is -0.478 e. The van der Waals surface area contributed by atoms with Crippen molar-refractivity contribution in [1.82, 2.24) is 0 Å². The van der Waals surface area contributed by atoms with Crippen LogP contribution in [0.4, 0.5) is 0 Å². The van der Waals surface area contributed by atoms with Crippen molar-refractivity contribution in [2.45, 2.75) is 32.6 Å². The van der Waals surface area contributed by atoms with Crippen molar-refractivity contribution in [2.24, 2.45) is 5.16 Å². The summed E-state index contributed by atoms with van der Waals surface area (Å²) in [6, 6.07) is 21.4. The lowest BCUT2D eigenvalue weighted by atomic mass is 9.71. The first-order valence-electron chi connectivity index (χ1n) is 10.9. The molecule has 0 aliphatic heterocycles. The van der Waals surface area contributed by atoms with Crippen LogP contribution in [0.5, 0.6) is 0 Å². The quantitative estimate of drug-likeness (QED) is 0.265. The van der Waals surface area contributed by atoms with Gasteiger partial charge in [-0.1, -0.05) is 85.2 Å². The molecule has 3 aromatic carbocycles. The predicted molar refractivity (Wildman–Crippen MR) is 133 cm³/mol. The molecule has 0 bridgehead atoms. The van der Waals surface area contributed by atoms with Gasteiger partial charge < -0.3 is 10.3 Å². The van der Waals surface area contributed by atoms with Gasteiger partial charge in [-0.15, -0.1) is 0 Å². The van der Waals surface area contributed by atoms with Gasteiger partial charge in [0.05, 0.1) is 5.56 Å². The van der Waals surface area contributed by atoms with Crippen molar-refractivity contribution in [3.05, 3.63) is 118 Å². The number of aryl methyl sites for hydroxylation is 1. The van der Waals surface area contributed by atoms with Gasteiger partial charge in [0.15, 0.2) is 0 Å². The highest BCUT2D eigenvalue weighted by atomic mass is 16.4. The van der Waals surface area contributed by atoms with Gasteiger partial charge in [-0.2, -0.15) is 0 Å². The average molecular weight is 438 g/mol. The zero-order valence-corrected chi connectivity index (χ0v) is 19.0. The fourth-order valence-electron chi connectivity index (χ4n) is 4.18. The number of hydrogen-bond donors (Lipinski definition) is 2. The van der Waals surface area contributed by atoms with E-state index < -0.39 is 5.97 Å². The van der Waals surface area contributed by atoms with E-state index in [0.29, 0.717) is 5.71 Å². The molecule has 2 N–H and O–H groups in total. The maximum Gasteiger partial charge on any atom is 0.335 e. The minimum absolute atomic E-state index is 0.0452. The van der Waals surface area contributed by atoms with Crippen LogP contribution in [0.15, 0.2) is 84.0 Å². The van der Waals surface area contributed by atoms with Crippen molar-refractivity contribution in [3.8, 4) is 0 Å². The van der Waals surface area contributed by atoms with Crippen LogP contribution >= 0.6 is 0 Å². The Labute approximate surface area is 194 Å². The van der Waals surface area contributed by atoms with E-state index in [1.165, 1.54) is 27.8 Å². The molecule has 0 unspecified atom stereocenters. The molecule has 1 aliphatic carbocycles. The third-order valence-electron chi connectivity index (χ3n) is 6.21. The minimum atomic E-state index is -0.959. The summed E-state index contributed by atoms with van der Waals surface area (Å²) in [5.74, 6) is -0.959. The average Bonchev–Trinajstić information content (AvgIpc) is 2.81. The lowest BCUT2D eigenvalue weighted by Crippen LogP contribution is -2.22. The summed E-state index contributed by atoms with van der Waals surface area (Å²) >= 11 is 0.